The van der Waals surface area contributed by atoms with E-state index in [0.29, 0.717) is 12.5 Å². The summed E-state index contributed by atoms with van der Waals surface area (Å²) in [7, 11) is 0. The maximum Gasteiger partial charge on any atom is 0.223 e. The molecule has 1 heterocycles. The molecule has 4 heteroatoms. The predicted molar refractivity (Wildman–Crippen MR) is 82.4 cm³/mol. The Morgan fingerprint density at radius 1 is 1.25 bits per heavy atom. The highest BCUT2D eigenvalue weighted by Gasteiger charge is 2.31. The molecule has 0 spiro atoms. The molecule has 1 saturated heterocycles. The minimum atomic E-state index is 0.182. The van der Waals surface area contributed by atoms with Gasteiger partial charge in [-0.05, 0) is 70.1 Å². The first-order valence-electron chi connectivity index (χ1n) is 8.44. The molecule has 1 saturated carbocycles. The minimum absolute atomic E-state index is 0.182. The second kappa shape index (κ2) is 7.99. The quantitative estimate of drug-likeness (QED) is 0.777. The monoisotopic (exact) mass is 281 g/mol. The van der Waals surface area contributed by atoms with Gasteiger partial charge in [-0.2, -0.15) is 0 Å². The van der Waals surface area contributed by atoms with Gasteiger partial charge in [0.1, 0.15) is 0 Å². The van der Waals surface area contributed by atoms with Crippen molar-refractivity contribution in [2.24, 2.45) is 23.5 Å². The van der Waals surface area contributed by atoms with Crippen molar-refractivity contribution in [1.82, 2.24) is 10.2 Å². The number of nitrogens with zero attached hydrogens (tertiary/aromatic N) is 1. The van der Waals surface area contributed by atoms with Crippen LogP contribution >= 0.6 is 0 Å². The summed E-state index contributed by atoms with van der Waals surface area (Å²) in [6, 6.07) is 0. The number of nitrogens with two attached hydrogens (primary N) is 1. The molecule has 0 radical (unpaired) electrons. The fourth-order valence-electron chi connectivity index (χ4n) is 3.79. The first kappa shape index (κ1) is 15.8. The molecule has 1 amide bonds. The van der Waals surface area contributed by atoms with Crippen LogP contribution in [0, 0.1) is 17.8 Å². The van der Waals surface area contributed by atoms with E-state index >= 15 is 0 Å². The van der Waals surface area contributed by atoms with Gasteiger partial charge >= 0.3 is 0 Å². The zero-order valence-corrected chi connectivity index (χ0v) is 12.9. The number of nitrogens with one attached hydrogen (secondary N) is 1. The largest absolute Gasteiger partial charge is 0.356 e. The van der Waals surface area contributed by atoms with Crippen LogP contribution in [0.15, 0.2) is 0 Å². The fourth-order valence-corrected chi connectivity index (χ4v) is 3.79. The third-order valence-electron chi connectivity index (χ3n) is 5.30. The molecule has 0 aromatic rings. The van der Waals surface area contributed by atoms with Crippen LogP contribution in [0.2, 0.25) is 0 Å². The lowest BCUT2D eigenvalue weighted by molar-refractivity contribution is -0.126. The molecule has 3 N–H and O–H groups in total. The van der Waals surface area contributed by atoms with Gasteiger partial charge in [0.25, 0.3) is 0 Å². The molecule has 0 aromatic heterocycles. The lowest BCUT2D eigenvalue weighted by Gasteiger charge is -2.31. The third-order valence-corrected chi connectivity index (χ3v) is 5.30. The van der Waals surface area contributed by atoms with Crippen molar-refractivity contribution in [3.8, 4) is 0 Å². The van der Waals surface area contributed by atoms with Crippen molar-refractivity contribution in [3.05, 3.63) is 0 Å². The molecule has 0 unspecified atom stereocenters. The van der Waals surface area contributed by atoms with Crippen molar-refractivity contribution in [1.29, 1.82) is 0 Å². The van der Waals surface area contributed by atoms with Crippen LogP contribution in [0.4, 0.5) is 0 Å². The van der Waals surface area contributed by atoms with Crippen LogP contribution < -0.4 is 11.1 Å². The van der Waals surface area contributed by atoms with E-state index < -0.39 is 0 Å². The van der Waals surface area contributed by atoms with E-state index in [0.717, 1.165) is 38.1 Å². The van der Waals surface area contributed by atoms with Crippen LogP contribution in [-0.2, 0) is 4.79 Å². The smallest absolute Gasteiger partial charge is 0.223 e. The summed E-state index contributed by atoms with van der Waals surface area (Å²) in [4.78, 5) is 14.7. The standard InChI is InChI=1S/C16H31N3O/c1-2-19-10-7-13(8-11-19)6-9-18-16(20)15-5-3-4-14(15)12-17/h13-15H,2-12,17H2,1H3,(H,18,20)/t14-,15-/m1/s1. The fraction of sp³-hybridized carbons (Fsp3) is 0.938. The maximum atomic E-state index is 12.2. The van der Waals surface area contributed by atoms with E-state index in [1.165, 1.54) is 32.5 Å². The highest BCUT2D eigenvalue weighted by molar-refractivity contribution is 5.79. The van der Waals surface area contributed by atoms with E-state index in [2.05, 4.69) is 17.1 Å². The summed E-state index contributed by atoms with van der Waals surface area (Å²) in [5.41, 5.74) is 5.75. The molecular formula is C16H31N3O. The maximum absolute atomic E-state index is 12.2. The number of hydrogen-bond donors (Lipinski definition) is 2. The Labute approximate surface area is 123 Å². The Morgan fingerprint density at radius 2 is 2.00 bits per heavy atom. The van der Waals surface area contributed by atoms with Gasteiger partial charge in [-0.15, -0.1) is 0 Å². The Morgan fingerprint density at radius 3 is 2.65 bits per heavy atom. The topological polar surface area (TPSA) is 58.4 Å². The van der Waals surface area contributed by atoms with Crippen LogP contribution in [0.1, 0.15) is 45.4 Å². The van der Waals surface area contributed by atoms with Gasteiger partial charge in [0, 0.05) is 12.5 Å². The first-order valence-corrected chi connectivity index (χ1v) is 8.44. The molecule has 4 nitrogen and oxygen atoms in total. The number of rotatable bonds is 6. The summed E-state index contributed by atoms with van der Waals surface area (Å²) in [5.74, 6) is 1.65. The third kappa shape index (κ3) is 4.19. The molecule has 2 aliphatic rings. The van der Waals surface area contributed by atoms with Gasteiger partial charge < -0.3 is 16.0 Å². The van der Waals surface area contributed by atoms with Gasteiger partial charge in [0.2, 0.25) is 5.91 Å². The number of amides is 1. The molecule has 2 rings (SSSR count). The summed E-state index contributed by atoms with van der Waals surface area (Å²) in [5, 5.41) is 3.15. The average Bonchev–Trinajstić information content (AvgIpc) is 2.96. The molecule has 1 aliphatic heterocycles. The SMILES string of the molecule is CCN1CCC(CCNC(=O)[C@@H]2CCC[C@@H]2CN)CC1. The second-order valence-corrected chi connectivity index (χ2v) is 6.49. The van der Waals surface area contributed by atoms with Gasteiger partial charge in [0.05, 0.1) is 0 Å². The van der Waals surface area contributed by atoms with Gasteiger partial charge in [-0.3, -0.25) is 4.79 Å². The van der Waals surface area contributed by atoms with Gasteiger partial charge in [-0.1, -0.05) is 13.3 Å². The Balaban J connectivity index is 1.62. The van der Waals surface area contributed by atoms with E-state index in [-0.39, 0.29) is 11.8 Å². The van der Waals surface area contributed by atoms with E-state index in [9.17, 15) is 4.79 Å². The average molecular weight is 281 g/mol. The number of carbonyl (C=O) groups excluding carboxylic acids is 1. The van der Waals surface area contributed by atoms with Crippen molar-refractivity contribution in [3.63, 3.8) is 0 Å². The van der Waals surface area contributed by atoms with E-state index in [4.69, 9.17) is 5.73 Å². The number of hydrogen-bond acceptors (Lipinski definition) is 3. The van der Waals surface area contributed by atoms with Crippen LogP contribution in [0.5, 0.6) is 0 Å². The summed E-state index contributed by atoms with van der Waals surface area (Å²) in [6.07, 6.45) is 7.04. The van der Waals surface area contributed by atoms with Crippen molar-refractivity contribution < 1.29 is 4.79 Å². The summed E-state index contributed by atoms with van der Waals surface area (Å²) >= 11 is 0. The molecule has 1 aliphatic carbocycles. The molecule has 116 valence electrons. The Kier molecular flexibility index (Phi) is 6.30. The van der Waals surface area contributed by atoms with Crippen molar-refractivity contribution in [2.75, 3.05) is 32.7 Å². The van der Waals surface area contributed by atoms with Crippen LogP contribution in [0.25, 0.3) is 0 Å². The highest BCUT2D eigenvalue weighted by Crippen LogP contribution is 2.31. The molecule has 2 atom stereocenters. The molecule has 20 heavy (non-hydrogen) atoms. The number of likely N-dealkylation sites (tertiary alicyclic amines) is 1. The highest BCUT2D eigenvalue weighted by atomic mass is 16.1. The number of carbonyl (C=O) groups is 1. The zero-order valence-electron chi connectivity index (χ0n) is 12.9. The number of piperidine rings is 1. The molecule has 0 aromatic carbocycles. The van der Waals surface area contributed by atoms with Gasteiger partial charge in [0.15, 0.2) is 0 Å². The van der Waals surface area contributed by atoms with E-state index in [1.54, 1.807) is 0 Å². The predicted octanol–water partition coefficient (Wildman–Crippen LogP) is 1.60. The Hall–Kier alpha value is -0.610. The second-order valence-electron chi connectivity index (χ2n) is 6.49. The Bertz CT molecular complexity index is 300. The normalized spacial score (nSPS) is 28.7. The first-order chi connectivity index (χ1) is 9.74. The lowest BCUT2D eigenvalue weighted by atomic mass is 9.93. The van der Waals surface area contributed by atoms with Gasteiger partial charge in [-0.25, -0.2) is 0 Å². The minimum Gasteiger partial charge on any atom is -0.356 e. The lowest BCUT2D eigenvalue weighted by Crippen LogP contribution is -2.37. The van der Waals surface area contributed by atoms with Crippen molar-refractivity contribution >= 4 is 5.91 Å². The summed E-state index contributed by atoms with van der Waals surface area (Å²) in [6.45, 7) is 7.37. The van der Waals surface area contributed by atoms with Crippen LogP contribution in [0.3, 0.4) is 0 Å². The molecule has 0 bridgehead atoms. The summed E-state index contributed by atoms with van der Waals surface area (Å²) < 4.78 is 0. The molecule has 2 fully saturated rings. The molecular weight excluding hydrogens is 250 g/mol. The van der Waals surface area contributed by atoms with Crippen molar-refractivity contribution in [2.45, 2.75) is 45.4 Å². The van der Waals surface area contributed by atoms with E-state index in [1.807, 2.05) is 0 Å². The van der Waals surface area contributed by atoms with Crippen LogP contribution in [-0.4, -0.2) is 43.5 Å². The zero-order chi connectivity index (χ0) is 14.4.